The number of nitrogens with zero attached hydrogens (tertiary/aromatic N) is 2. The fourth-order valence-electron chi connectivity index (χ4n) is 1.24. The molecule has 0 bridgehead atoms. The van der Waals surface area contributed by atoms with E-state index in [1.54, 1.807) is 24.4 Å². The highest BCUT2D eigenvalue weighted by molar-refractivity contribution is 7.98. The summed E-state index contributed by atoms with van der Waals surface area (Å²) in [6.45, 7) is 0. The van der Waals surface area contributed by atoms with Crippen molar-refractivity contribution in [2.24, 2.45) is 0 Å². The molecule has 2 rings (SSSR count). The minimum absolute atomic E-state index is 0.260. The molecule has 0 atom stereocenters. The van der Waals surface area contributed by atoms with E-state index in [0.29, 0.717) is 11.4 Å². The summed E-state index contributed by atoms with van der Waals surface area (Å²) >= 11 is 1.53. The van der Waals surface area contributed by atoms with Gasteiger partial charge in [0.1, 0.15) is 12.1 Å². The Morgan fingerprint density at radius 2 is 2.19 bits per heavy atom. The fourth-order valence-corrected chi connectivity index (χ4v) is 2.05. The Balaban J connectivity index is 2.08. The second-order valence-corrected chi connectivity index (χ2v) is 4.22. The second kappa shape index (κ2) is 4.85. The fraction of sp³-hybridized carbons (Fsp3) is 0.0909. The van der Waals surface area contributed by atoms with Crippen molar-refractivity contribution in [3.05, 3.63) is 42.4 Å². The number of hydrogen-bond acceptors (Lipinski definition) is 5. The first-order valence-corrected chi connectivity index (χ1v) is 5.70. The summed E-state index contributed by atoms with van der Waals surface area (Å²) in [6.07, 6.45) is 3.19. The molecule has 0 radical (unpaired) electrons. The second-order valence-electron chi connectivity index (χ2n) is 3.22. The van der Waals surface area contributed by atoms with Crippen LogP contribution in [0.5, 0.6) is 5.75 Å². The van der Waals surface area contributed by atoms with E-state index in [4.69, 9.17) is 5.73 Å². The number of benzene rings is 1. The van der Waals surface area contributed by atoms with E-state index < -0.39 is 0 Å². The standard InChI is InChI=1S/C11H11N3OS/c12-9-1-2-10(15)8(5-9)6-16-11-3-4-13-7-14-11/h1-5,7,15H,6,12H2. The maximum absolute atomic E-state index is 9.61. The van der Waals surface area contributed by atoms with Crippen molar-refractivity contribution in [1.29, 1.82) is 0 Å². The van der Waals surface area contributed by atoms with Crippen molar-refractivity contribution in [3.8, 4) is 5.75 Å². The lowest BCUT2D eigenvalue weighted by atomic mass is 10.2. The SMILES string of the molecule is Nc1ccc(O)c(CSc2ccncn2)c1. The summed E-state index contributed by atoms with van der Waals surface area (Å²) in [7, 11) is 0. The van der Waals surface area contributed by atoms with E-state index in [9.17, 15) is 5.11 Å². The van der Waals surface area contributed by atoms with E-state index in [-0.39, 0.29) is 5.75 Å². The van der Waals surface area contributed by atoms with Crippen LogP contribution in [0, 0.1) is 0 Å². The third-order valence-corrected chi connectivity index (χ3v) is 3.03. The number of nitrogens with two attached hydrogens (primary N) is 1. The molecule has 0 saturated carbocycles. The summed E-state index contributed by atoms with van der Waals surface area (Å²) in [4.78, 5) is 7.92. The lowest BCUT2D eigenvalue weighted by Gasteiger charge is -2.04. The molecule has 2 aromatic rings. The molecule has 0 unspecified atom stereocenters. The molecule has 0 spiro atoms. The molecule has 5 heteroatoms. The lowest BCUT2D eigenvalue weighted by Crippen LogP contribution is -1.89. The van der Waals surface area contributed by atoms with Gasteiger partial charge in [-0.2, -0.15) is 0 Å². The number of aromatic nitrogens is 2. The van der Waals surface area contributed by atoms with Gasteiger partial charge in [0, 0.05) is 23.2 Å². The first-order valence-electron chi connectivity index (χ1n) is 4.72. The number of anilines is 1. The minimum atomic E-state index is 0.260. The van der Waals surface area contributed by atoms with Crippen molar-refractivity contribution in [2.75, 3.05) is 5.73 Å². The van der Waals surface area contributed by atoms with Gasteiger partial charge >= 0.3 is 0 Å². The van der Waals surface area contributed by atoms with E-state index in [1.807, 2.05) is 6.07 Å². The third kappa shape index (κ3) is 2.64. The van der Waals surface area contributed by atoms with Gasteiger partial charge in [-0.25, -0.2) is 9.97 Å². The largest absolute Gasteiger partial charge is 0.508 e. The molecule has 16 heavy (non-hydrogen) atoms. The zero-order valence-electron chi connectivity index (χ0n) is 8.50. The smallest absolute Gasteiger partial charge is 0.119 e. The van der Waals surface area contributed by atoms with Crippen LogP contribution in [0.15, 0.2) is 41.8 Å². The molecule has 0 aliphatic carbocycles. The Labute approximate surface area is 97.5 Å². The summed E-state index contributed by atoms with van der Waals surface area (Å²) < 4.78 is 0. The number of rotatable bonds is 3. The summed E-state index contributed by atoms with van der Waals surface area (Å²) in [5.41, 5.74) is 7.11. The van der Waals surface area contributed by atoms with Gasteiger partial charge in [-0.05, 0) is 24.3 Å². The van der Waals surface area contributed by atoms with Crippen molar-refractivity contribution in [1.82, 2.24) is 9.97 Å². The number of nitrogen functional groups attached to an aromatic ring is 1. The van der Waals surface area contributed by atoms with E-state index >= 15 is 0 Å². The zero-order chi connectivity index (χ0) is 11.4. The van der Waals surface area contributed by atoms with Gasteiger partial charge in [-0.1, -0.05) is 0 Å². The van der Waals surface area contributed by atoms with Gasteiger partial charge in [-0.3, -0.25) is 0 Å². The Hall–Kier alpha value is -1.75. The number of phenolic OH excluding ortho intramolecular Hbond substituents is 1. The monoisotopic (exact) mass is 233 g/mol. The highest BCUT2D eigenvalue weighted by Crippen LogP contribution is 2.27. The maximum Gasteiger partial charge on any atom is 0.119 e. The Bertz CT molecular complexity index is 476. The molecule has 0 fully saturated rings. The quantitative estimate of drug-likeness (QED) is 0.367. The molecular formula is C11H11N3OS. The van der Waals surface area contributed by atoms with Crippen LogP contribution in [0.3, 0.4) is 0 Å². The van der Waals surface area contributed by atoms with Crippen molar-refractivity contribution in [3.63, 3.8) is 0 Å². The van der Waals surface area contributed by atoms with Gasteiger partial charge < -0.3 is 10.8 Å². The summed E-state index contributed by atoms with van der Waals surface area (Å²) in [6, 6.07) is 6.87. The van der Waals surface area contributed by atoms with Gasteiger partial charge in [0.05, 0.1) is 5.03 Å². The molecule has 1 aromatic heterocycles. The van der Waals surface area contributed by atoms with Crippen molar-refractivity contribution >= 4 is 17.4 Å². The van der Waals surface area contributed by atoms with E-state index in [1.165, 1.54) is 18.1 Å². The number of hydrogen-bond donors (Lipinski definition) is 2. The highest BCUT2D eigenvalue weighted by atomic mass is 32.2. The molecule has 1 heterocycles. The van der Waals surface area contributed by atoms with Crippen LogP contribution >= 0.6 is 11.8 Å². The number of aromatic hydroxyl groups is 1. The molecular weight excluding hydrogens is 222 g/mol. The topological polar surface area (TPSA) is 72.0 Å². The molecule has 0 saturated heterocycles. The molecule has 0 aliphatic heterocycles. The average molecular weight is 233 g/mol. The van der Waals surface area contributed by atoms with Gasteiger partial charge in [0.25, 0.3) is 0 Å². The number of thioether (sulfide) groups is 1. The van der Waals surface area contributed by atoms with Crippen molar-refractivity contribution < 1.29 is 5.11 Å². The predicted molar refractivity (Wildman–Crippen MR) is 64.1 cm³/mol. The first kappa shape index (κ1) is 10.8. The van der Waals surface area contributed by atoms with Gasteiger partial charge in [-0.15, -0.1) is 11.8 Å². The summed E-state index contributed by atoms with van der Waals surface area (Å²) in [5.74, 6) is 0.893. The first-order chi connectivity index (χ1) is 7.75. The maximum atomic E-state index is 9.61. The van der Waals surface area contributed by atoms with Crippen LogP contribution in [0.25, 0.3) is 0 Å². The lowest BCUT2D eigenvalue weighted by molar-refractivity contribution is 0.471. The van der Waals surface area contributed by atoms with Crippen LogP contribution in [0.4, 0.5) is 5.69 Å². The molecule has 4 nitrogen and oxygen atoms in total. The molecule has 0 amide bonds. The Morgan fingerprint density at radius 3 is 2.94 bits per heavy atom. The highest BCUT2D eigenvalue weighted by Gasteiger charge is 2.03. The normalized spacial score (nSPS) is 10.2. The average Bonchev–Trinajstić information content (AvgIpc) is 2.32. The molecule has 3 N–H and O–H groups in total. The minimum Gasteiger partial charge on any atom is -0.508 e. The number of phenols is 1. The Kier molecular flexibility index (Phi) is 3.26. The van der Waals surface area contributed by atoms with Crippen LogP contribution in [0.2, 0.25) is 0 Å². The molecule has 1 aromatic carbocycles. The molecule has 82 valence electrons. The predicted octanol–water partition coefficient (Wildman–Crippen LogP) is 2.06. The summed E-state index contributed by atoms with van der Waals surface area (Å²) in [5, 5.41) is 10.5. The Morgan fingerprint density at radius 1 is 1.31 bits per heavy atom. The van der Waals surface area contributed by atoms with Crippen LogP contribution in [-0.4, -0.2) is 15.1 Å². The van der Waals surface area contributed by atoms with E-state index in [0.717, 1.165) is 10.6 Å². The third-order valence-electron chi connectivity index (χ3n) is 2.03. The van der Waals surface area contributed by atoms with Gasteiger partial charge in [0.2, 0.25) is 0 Å². The zero-order valence-corrected chi connectivity index (χ0v) is 9.31. The van der Waals surface area contributed by atoms with Crippen LogP contribution < -0.4 is 5.73 Å². The van der Waals surface area contributed by atoms with E-state index in [2.05, 4.69) is 9.97 Å². The van der Waals surface area contributed by atoms with Gasteiger partial charge in [0.15, 0.2) is 0 Å². The van der Waals surface area contributed by atoms with Crippen LogP contribution in [-0.2, 0) is 5.75 Å². The van der Waals surface area contributed by atoms with Crippen LogP contribution in [0.1, 0.15) is 5.56 Å². The van der Waals surface area contributed by atoms with Crippen molar-refractivity contribution in [2.45, 2.75) is 10.8 Å². The molecule has 0 aliphatic rings.